The molecule has 0 saturated carbocycles. The third-order valence-corrected chi connectivity index (χ3v) is 4.12. The van der Waals surface area contributed by atoms with Gasteiger partial charge in [0.1, 0.15) is 11.6 Å². The second-order valence-electron chi connectivity index (χ2n) is 5.08. The van der Waals surface area contributed by atoms with Gasteiger partial charge in [-0.1, -0.05) is 18.2 Å². The fourth-order valence-electron chi connectivity index (χ4n) is 1.96. The lowest BCUT2D eigenvalue weighted by atomic mass is 10.3. The highest BCUT2D eigenvalue weighted by molar-refractivity contribution is 7.99. The van der Waals surface area contributed by atoms with Crippen LogP contribution in [0, 0.1) is 11.6 Å². The summed E-state index contributed by atoms with van der Waals surface area (Å²) in [5.41, 5.74) is 0.434. The molecule has 6 heteroatoms. The molecule has 3 nitrogen and oxygen atoms in total. The van der Waals surface area contributed by atoms with E-state index < -0.39 is 5.82 Å². The van der Waals surface area contributed by atoms with Crippen LogP contribution in [-0.4, -0.2) is 36.7 Å². The highest BCUT2D eigenvalue weighted by atomic mass is 32.2. The maximum atomic E-state index is 13.5. The fourth-order valence-corrected chi connectivity index (χ4v) is 2.97. The predicted octanol–water partition coefficient (Wildman–Crippen LogP) is 3.63. The van der Waals surface area contributed by atoms with Gasteiger partial charge < -0.3 is 5.32 Å². The molecule has 0 bridgehead atoms. The first kappa shape index (κ1) is 17.4. The van der Waals surface area contributed by atoms with Gasteiger partial charge >= 0.3 is 0 Å². The van der Waals surface area contributed by atoms with Crippen molar-refractivity contribution in [2.24, 2.45) is 0 Å². The van der Waals surface area contributed by atoms with Crippen LogP contribution in [0.25, 0.3) is 0 Å². The summed E-state index contributed by atoms with van der Waals surface area (Å²) in [4.78, 5) is 14.3. The van der Waals surface area contributed by atoms with Crippen LogP contribution in [0.3, 0.4) is 0 Å². The molecule has 0 fully saturated rings. The maximum Gasteiger partial charge on any atom is 0.238 e. The summed E-state index contributed by atoms with van der Waals surface area (Å²) >= 11 is 1.41. The van der Waals surface area contributed by atoms with Crippen LogP contribution >= 0.6 is 11.8 Å². The first-order valence-corrected chi connectivity index (χ1v) is 8.14. The molecule has 0 heterocycles. The second kappa shape index (κ2) is 8.64. The zero-order valence-electron chi connectivity index (χ0n) is 12.8. The number of hydrogen-bond acceptors (Lipinski definition) is 3. The smallest absolute Gasteiger partial charge is 0.238 e. The largest absolute Gasteiger partial charge is 0.325 e. The van der Waals surface area contributed by atoms with Crippen molar-refractivity contribution in [2.45, 2.75) is 4.90 Å². The minimum absolute atomic E-state index is 0.189. The number of amides is 1. The molecule has 1 N–H and O–H groups in total. The Bertz CT molecular complexity index is 667. The van der Waals surface area contributed by atoms with E-state index in [1.807, 2.05) is 11.9 Å². The molecule has 0 unspecified atom stereocenters. The van der Waals surface area contributed by atoms with Crippen molar-refractivity contribution in [3.05, 3.63) is 60.2 Å². The monoisotopic (exact) mass is 336 g/mol. The molecule has 0 saturated heterocycles. The van der Waals surface area contributed by atoms with Crippen molar-refractivity contribution in [2.75, 3.05) is 31.2 Å². The molecule has 0 aliphatic carbocycles. The molecule has 2 aromatic rings. The highest BCUT2D eigenvalue weighted by Gasteiger charge is 2.08. The van der Waals surface area contributed by atoms with Gasteiger partial charge in [0.05, 0.1) is 6.54 Å². The van der Waals surface area contributed by atoms with Gasteiger partial charge in [0.25, 0.3) is 0 Å². The Balaban J connectivity index is 1.73. The number of carbonyl (C=O) groups is 1. The van der Waals surface area contributed by atoms with E-state index >= 15 is 0 Å². The van der Waals surface area contributed by atoms with Gasteiger partial charge in [-0.15, -0.1) is 11.8 Å². The van der Waals surface area contributed by atoms with E-state index in [0.29, 0.717) is 22.9 Å². The minimum Gasteiger partial charge on any atom is -0.325 e. The molecule has 0 radical (unpaired) electrons. The molecular weight excluding hydrogens is 318 g/mol. The Morgan fingerprint density at radius 1 is 1.17 bits per heavy atom. The van der Waals surface area contributed by atoms with Crippen LogP contribution in [0.2, 0.25) is 0 Å². The van der Waals surface area contributed by atoms with Crippen molar-refractivity contribution in [1.29, 1.82) is 0 Å². The molecule has 0 atom stereocenters. The quantitative estimate of drug-likeness (QED) is 0.784. The number of halogens is 2. The van der Waals surface area contributed by atoms with Gasteiger partial charge in [-0.25, -0.2) is 8.78 Å². The summed E-state index contributed by atoms with van der Waals surface area (Å²) in [7, 11) is 1.81. The Morgan fingerprint density at radius 2 is 1.96 bits per heavy atom. The molecule has 122 valence electrons. The summed E-state index contributed by atoms with van der Waals surface area (Å²) in [5, 5.41) is 2.64. The zero-order valence-corrected chi connectivity index (χ0v) is 13.6. The number of carbonyl (C=O) groups excluding carboxylic acids is 1. The summed E-state index contributed by atoms with van der Waals surface area (Å²) < 4.78 is 26.5. The lowest BCUT2D eigenvalue weighted by Crippen LogP contribution is -2.31. The van der Waals surface area contributed by atoms with E-state index in [-0.39, 0.29) is 18.3 Å². The third kappa shape index (κ3) is 6.00. The number of nitrogens with zero attached hydrogens (tertiary/aromatic N) is 1. The Labute approximate surface area is 138 Å². The maximum absolute atomic E-state index is 13.5. The number of likely N-dealkylation sites (N-methyl/N-ethyl adjacent to an activating group) is 1. The van der Waals surface area contributed by atoms with Crippen LogP contribution in [0.15, 0.2) is 53.4 Å². The normalized spacial score (nSPS) is 10.8. The first-order valence-electron chi connectivity index (χ1n) is 7.16. The molecule has 0 aliphatic rings. The van der Waals surface area contributed by atoms with E-state index in [4.69, 9.17) is 0 Å². The number of nitrogens with one attached hydrogen (secondary N) is 1. The number of thioether (sulfide) groups is 1. The predicted molar refractivity (Wildman–Crippen MR) is 89.7 cm³/mol. The van der Waals surface area contributed by atoms with Crippen LogP contribution in [-0.2, 0) is 4.79 Å². The van der Waals surface area contributed by atoms with Crippen molar-refractivity contribution in [1.82, 2.24) is 4.90 Å². The van der Waals surface area contributed by atoms with Crippen molar-refractivity contribution < 1.29 is 13.6 Å². The van der Waals surface area contributed by atoms with E-state index in [0.717, 1.165) is 0 Å². The van der Waals surface area contributed by atoms with Crippen molar-refractivity contribution >= 4 is 23.4 Å². The van der Waals surface area contributed by atoms with E-state index in [2.05, 4.69) is 5.32 Å². The van der Waals surface area contributed by atoms with Crippen molar-refractivity contribution in [3.8, 4) is 0 Å². The summed E-state index contributed by atoms with van der Waals surface area (Å²) in [6.07, 6.45) is 0. The molecule has 0 spiro atoms. The topological polar surface area (TPSA) is 32.3 Å². The van der Waals surface area contributed by atoms with Crippen LogP contribution in [0.5, 0.6) is 0 Å². The number of hydrogen-bond donors (Lipinski definition) is 1. The summed E-state index contributed by atoms with van der Waals surface area (Å²) in [5.74, 6) is -0.166. The highest BCUT2D eigenvalue weighted by Crippen LogP contribution is 2.20. The number of benzene rings is 2. The molecule has 1 amide bonds. The van der Waals surface area contributed by atoms with Gasteiger partial charge in [0.2, 0.25) is 5.91 Å². The fraction of sp³-hybridized carbons (Fsp3) is 0.235. The third-order valence-electron chi connectivity index (χ3n) is 3.09. The zero-order chi connectivity index (χ0) is 16.7. The summed E-state index contributed by atoms with van der Waals surface area (Å²) in [6.45, 7) is 0.823. The van der Waals surface area contributed by atoms with Gasteiger partial charge in [-0.05, 0) is 37.4 Å². The Morgan fingerprint density at radius 3 is 2.70 bits per heavy atom. The molecule has 2 rings (SSSR count). The Kier molecular flexibility index (Phi) is 6.55. The Hall–Kier alpha value is -1.92. The van der Waals surface area contributed by atoms with Gasteiger partial charge in [0, 0.05) is 22.9 Å². The standard InChI is InChI=1S/C17H18F2N2OS/c1-21(9-10-23-16-8-3-2-7-15(16)19)12-17(22)20-14-6-4-5-13(18)11-14/h2-8,11H,9-10,12H2,1H3,(H,20,22). The average molecular weight is 336 g/mol. The van der Waals surface area contributed by atoms with E-state index in [1.165, 1.54) is 30.0 Å². The summed E-state index contributed by atoms with van der Waals surface area (Å²) in [6, 6.07) is 12.4. The molecular formula is C17H18F2N2OS. The molecule has 0 aliphatic heterocycles. The average Bonchev–Trinajstić information content (AvgIpc) is 2.49. The second-order valence-corrected chi connectivity index (χ2v) is 6.21. The van der Waals surface area contributed by atoms with Crippen LogP contribution in [0.4, 0.5) is 14.5 Å². The molecule has 23 heavy (non-hydrogen) atoms. The van der Waals surface area contributed by atoms with E-state index in [1.54, 1.807) is 30.3 Å². The van der Waals surface area contributed by atoms with Gasteiger partial charge in [0.15, 0.2) is 0 Å². The van der Waals surface area contributed by atoms with Gasteiger partial charge in [-0.2, -0.15) is 0 Å². The minimum atomic E-state index is -0.391. The van der Waals surface area contributed by atoms with E-state index in [9.17, 15) is 13.6 Å². The molecule has 2 aromatic carbocycles. The van der Waals surface area contributed by atoms with Crippen molar-refractivity contribution in [3.63, 3.8) is 0 Å². The molecule has 0 aromatic heterocycles. The SMILES string of the molecule is CN(CCSc1ccccc1F)CC(=O)Nc1cccc(F)c1. The number of rotatable bonds is 7. The lowest BCUT2D eigenvalue weighted by molar-refractivity contribution is -0.117. The van der Waals surface area contributed by atoms with Gasteiger partial charge in [-0.3, -0.25) is 9.69 Å². The first-order chi connectivity index (χ1) is 11.0. The van der Waals surface area contributed by atoms with Crippen LogP contribution < -0.4 is 5.32 Å². The lowest BCUT2D eigenvalue weighted by Gasteiger charge is -2.16. The number of anilines is 1. The van der Waals surface area contributed by atoms with Crippen LogP contribution in [0.1, 0.15) is 0 Å².